The number of Topliss-reactive ketones (excluding diaryl/α,β-unsaturated/α-hetero) is 1. The number of hydrogen-bond donors (Lipinski definition) is 2. The molecule has 0 fully saturated rings. The van der Waals surface area contributed by atoms with Gasteiger partial charge in [0.15, 0.2) is 0 Å². The number of hydrogen-bond acceptors (Lipinski definition) is 5. The Balaban J connectivity index is 1.76. The van der Waals surface area contributed by atoms with E-state index in [2.05, 4.69) is 10.6 Å². The molecule has 0 spiro atoms. The third-order valence-corrected chi connectivity index (χ3v) is 3.89. The van der Waals surface area contributed by atoms with Crippen LogP contribution in [0.5, 0.6) is 0 Å². The molecule has 0 aliphatic carbocycles. The second kappa shape index (κ2) is 7.09. The Morgan fingerprint density at radius 3 is 2.33 bits per heavy atom. The van der Waals surface area contributed by atoms with Crippen molar-refractivity contribution in [1.82, 2.24) is 0 Å². The first-order valence-electron chi connectivity index (χ1n) is 7.97. The first-order chi connectivity index (χ1) is 12.9. The molecule has 0 saturated heterocycles. The summed E-state index contributed by atoms with van der Waals surface area (Å²) in [5.74, 6) is -2.33. The highest BCUT2D eigenvalue weighted by Crippen LogP contribution is 2.31. The fraction of sp³-hybridized carbons (Fsp3) is 0.105. The Kier molecular flexibility index (Phi) is 4.68. The Labute approximate surface area is 154 Å². The topological polar surface area (TPSA) is 119 Å². The second-order valence-corrected chi connectivity index (χ2v) is 5.87. The van der Waals surface area contributed by atoms with Gasteiger partial charge in [-0.2, -0.15) is 5.26 Å². The molecule has 0 unspecified atom stereocenters. The van der Waals surface area contributed by atoms with Crippen LogP contribution in [0.4, 0.5) is 17.1 Å². The zero-order valence-corrected chi connectivity index (χ0v) is 14.3. The molecule has 2 aromatic rings. The van der Waals surface area contributed by atoms with E-state index in [-0.39, 0.29) is 18.0 Å². The van der Waals surface area contributed by atoms with Crippen molar-refractivity contribution < 1.29 is 19.2 Å². The van der Waals surface area contributed by atoms with Crippen LogP contribution >= 0.6 is 0 Å². The second-order valence-electron chi connectivity index (χ2n) is 5.87. The lowest BCUT2D eigenvalue weighted by Crippen LogP contribution is -2.37. The van der Waals surface area contributed by atoms with Crippen molar-refractivity contribution in [3.8, 4) is 6.07 Å². The summed E-state index contributed by atoms with van der Waals surface area (Å²) in [5.41, 5.74) is 1.77. The summed E-state index contributed by atoms with van der Waals surface area (Å²) >= 11 is 0. The highest BCUT2D eigenvalue weighted by Gasteiger charge is 2.37. The van der Waals surface area contributed by atoms with Gasteiger partial charge in [-0.1, -0.05) is 0 Å². The van der Waals surface area contributed by atoms with Gasteiger partial charge >= 0.3 is 0 Å². The standard InChI is InChI=1S/C19H14N4O4/c1-11(24)21-14-6-7-16-15(8-14)18(26)19(27)23(16)10-17(25)22-13-4-2-12(9-20)3-5-13/h2-8H,10H2,1H3,(H,21,24)(H,22,25). The summed E-state index contributed by atoms with van der Waals surface area (Å²) in [6.07, 6.45) is 0. The SMILES string of the molecule is CC(=O)Nc1ccc2c(c1)C(=O)C(=O)N2CC(=O)Nc1ccc(C#N)cc1. The quantitative estimate of drug-likeness (QED) is 0.802. The lowest BCUT2D eigenvalue weighted by atomic mass is 10.1. The third kappa shape index (κ3) is 3.67. The van der Waals surface area contributed by atoms with Crippen LogP contribution in [-0.4, -0.2) is 30.0 Å². The van der Waals surface area contributed by atoms with Crippen LogP contribution in [0.15, 0.2) is 42.5 Å². The number of nitrogens with one attached hydrogen (secondary N) is 2. The predicted molar refractivity (Wildman–Crippen MR) is 97.2 cm³/mol. The summed E-state index contributed by atoms with van der Waals surface area (Å²) in [6, 6.07) is 12.7. The molecule has 0 bridgehead atoms. The van der Waals surface area contributed by atoms with Gasteiger partial charge < -0.3 is 10.6 Å². The Morgan fingerprint density at radius 2 is 1.70 bits per heavy atom. The molecule has 1 aliphatic heterocycles. The molecule has 3 amide bonds. The lowest BCUT2D eigenvalue weighted by molar-refractivity contribution is -0.118. The molecule has 2 N–H and O–H groups in total. The van der Waals surface area contributed by atoms with Crippen LogP contribution in [0.3, 0.4) is 0 Å². The Hall–Kier alpha value is -3.99. The molecule has 1 aliphatic rings. The number of carbonyl (C=O) groups excluding carboxylic acids is 4. The minimum absolute atomic E-state index is 0.137. The summed E-state index contributed by atoms with van der Waals surface area (Å²) in [7, 11) is 0. The number of anilines is 3. The number of ketones is 1. The van der Waals surface area contributed by atoms with Gasteiger partial charge in [-0.05, 0) is 42.5 Å². The van der Waals surface area contributed by atoms with Gasteiger partial charge in [-0.3, -0.25) is 24.1 Å². The molecule has 0 atom stereocenters. The maximum atomic E-state index is 12.3. The van der Waals surface area contributed by atoms with E-state index < -0.39 is 17.6 Å². The first-order valence-corrected chi connectivity index (χ1v) is 7.97. The molecule has 0 saturated carbocycles. The average Bonchev–Trinajstić information content (AvgIpc) is 2.86. The van der Waals surface area contributed by atoms with Gasteiger partial charge in [0, 0.05) is 18.3 Å². The van der Waals surface area contributed by atoms with Gasteiger partial charge in [0.1, 0.15) is 6.54 Å². The number of amides is 3. The van der Waals surface area contributed by atoms with E-state index in [0.717, 1.165) is 4.90 Å². The van der Waals surface area contributed by atoms with Crippen molar-refractivity contribution in [1.29, 1.82) is 5.26 Å². The maximum Gasteiger partial charge on any atom is 0.299 e. The van der Waals surface area contributed by atoms with Crippen molar-refractivity contribution in [3.63, 3.8) is 0 Å². The summed E-state index contributed by atoms with van der Waals surface area (Å²) in [6.45, 7) is 0.997. The molecular weight excluding hydrogens is 348 g/mol. The van der Waals surface area contributed by atoms with Gasteiger partial charge in [-0.15, -0.1) is 0 Å². The van der Waals surface area contributed by atoms with E-state index in [9.17, 15) is 19.2 Å². The molecule has 134 valence electrons. The van der Waals surface area contributed by atoms with Crippen LogP contribution in [0.2, 0.25) is 0 Å². The van der Waals surface area contributed by atoms with E-state index in [1.54, 1.807) is 30.3 Å². The molecule has 27 heavy (non-hydrogen) atoms. The van der Waals surface area contributed by atoms with Crippen molar-refractivity contribution in [2.75, 3.05) is 22.1 Å². The molecule has 1 heterocycles. The lowest BCUT2D eigenvalue weighted by Gasteiger charge is -2.16. The predicted octanol–water partition coefficient (Wildman–Crippen LogP) is 1.68. The van der Waals surface area contributed by atoms with Crippen molar-refractivity contribution >= 4 is 40.6 Å². The zero-order valence-electron chi connectivity index (χ0n) is 14.3. The third-order valence-electron chi connectivity index (χ3n) is 3.89. The summed E-state index contributed by atoms with van der Waals surface area (Å²) in [5, 5.41) is 13.9. The van der Waals surface area contributed by atoms with E-state index >= 15 is 0 Å². The van der Waals surface area contributed by atoms with Gasteiger partial charge in [0.2, 0.25) is 11.8 Å². The molecule has 2 aromatic carbocycles. The van der Waals surface area contributed by atoms with Crippen molar-refractivity contribution in [2.45, 2.75) is 6.92 Å². The monoisotopic (exact) mass is 362 g/mol. The molecule has 0 radical (unpaired) electrons. The van der Waals surface area contributed by atoms with Crippen LogP contribution in [0.1, 0.15) is 22.8 Å². The van der Waals surface area contributed by atoms with Crippen molar-refractivity contribution in [3.05, 3.63) is 53.6 Å². The van der Waals surface area contributed by atoms with E-state index in [1.807, 2.05) is 6.07 Å². The zero-order chi connectivity index (χ0) is 19.6. The molecule has 3 rings (SSSR count). The first kappa shape index (κ1) is 17.8. The number of nitrogens with zero attached hydrogens (tertiary/aromatic N) is 2. The highest BCUT2D eigenvalue weighted by molar-refractivity contribution is 6.52. The van der Waals surface area contributed by atoms with Crippen molar-refractivity contribution in [2.24, 2.45) is 0 Å². The molecule has 8 heteroatoms. The number of benzene rings is 2. The highest BCUT2D eigenvalue weighted by atomic mass is 16.2. The van der Waals surface area contributed by atoms with Crippen LogP contribution in [-0.2, 0) is 14.4 Å². The largest absolute Gasteiger partial charge is 0.326 e. The summed E-state index contributed by atoms with van der Waals surface area (Å²) < 4.78 is 0. The number of carbonyl (C=O) groups is 4. The average molecular weight is 362 g/mol. The van der Waals surface area contributed by atoms with E-state index in [0.29, 0.717) is 22.6 Å². The van der Waals surface area contributed by atoms with Crippen LogP contribution in [0.25, 0.3) is 0 Å². The fourth-order valence-corrected chi connectivity index (χ4v) is 2.71. The number of rotatable bonds is 4. The number of nitriles is 1. The number of fused-ring (bicyclic) bond motifs is 1. The molecular formula is C19H14N4O4. The van der Waals surface area contributed by atoms with E-state index in [4.69, 9.17) is 5.26 Å². The molecule has 0 aromatic heterocycles. The summed E-state index contributed by atoms with van der Waals surface area (Å²) in [4.78, 5) is 48.9. The maximum absolute atomic E-state index is 12.3. The van der Waals surface area contributed by atoms with Gasteiger partial charge in [-0.25, -0.2) is 0 Å². The normalized spacial score (nSPS) is 12.4. The minimum Gasteiger partial charge on any atom is -0.326 e. The molecule has 8 nitrogen and oxygen atoms in total. The van der Waals surface area contributed by atoms with Gasteiger partial charge in [0.05, 0.1) is 22.9 Å². The van der Waals surface area contributed by atoms with Crippen LogP contribution < -0.4 is 15.5 Å². The Morgan fingerprint density at radius 1 is 1.04 bits per heavy atom. The Bertz CT molecular complexity index is 1010. The minimum atomic E-state index is -0.806. The smallest absolute Gasteiger partial charge is 0.299 e. The fourth-order valence-electron chi connectivity index (χ4n) is 2.71. The van der Waals surface area contributed by atoms with E-state index in [1.165, 1.54) is 19.1 Å². The van der Waals surface area contributed by atoms with Crippen LogP contribution in [0, 0.1) is 11.3 Å². The van der Waals surface area contributed by atoms with Gasteiger partial charge in [0.25, 0.3) is 11.7 Å².